The molecule has 0 aromatic heterocycles. The lowest BCUT2D eigenvalue weighted by Crippen LogP contribution is -2.41. The number of nitrogens with one attached hydrogen (secondary N) is 1. The van der Waals surface area contributed by atoms with Crippen molar-refractivity contribution in [3.8, 4) is 5.75 Å². The van der Waals surface area contributed by atoms with Gasteiger partial charge in [0.2, 0.25) is 5.91 Å². The molecule has 0 atom stereocenters. The Kier molecular flexibility index (Phi) is 4.44. The Morgan fingerprint density at radius 2 is 2.22 bits per heavy atom. The Labute approximate surface area is 112 Å². The van der Waals surface area contributed by atoms with Gasteiger partial charge in [0.1, 0.15) is 5.75 Å². The minimum absolute atomic E-state index is 0.0512. The summed E-state index contributed by atoms with van der Waals surface area (Å²) >= 11 is 6.00. The van der Waals surface area contributed by atoms with Crippen LogP contribution in [-0.2, 0) is 4.79 Å². The number of hydrogen-bond acceptors (Lipinski definition) is 3. The van der Waals surface area contributed by atoms with Gasteiger partial charge in [-0.05, 0) is 37.6 Å². The first kappa shape index (κ1) is 13.2. The van der Waals surface area contributed by atoms with Gasteiger partial charge in [0, 0.05) is 11.6 Å². The van der Waals surface area contributed by atoms with E-state index in [0.717, 1.165) is 25.1 Å². The van der Waals surface area contributed by atoms with Crippen molar-refractivity contribution in [3.05, 3.63) is 23.2 Å². The topological polar surface area (TPSA) is 41.6 Å². The average Bonchev–Trinajstić information content (AvgIpc) is 2.34. The fraction of sp³-hybridized carbons (Fsp3) is 0.462. The molecule has 0 unspecified atom stereocenters. The number of amides is 1. The van der Waals surface area contributed by atoms with E-state index in [1.54, 1.807) is 30.2 Å². The standard InChI is InChI=1S/C13H17ClN2O2/c1-18-12-5-4-10(14)8-11(12)16-7-3-2-6-15-9-13(16)17/h4-5,8,15H,2-3,6-7,9H2,1H3. The highest BCUT2D eigenvalue weighted by molar-refractivity contribution is 6.31. The number of nitrogens with zero attached hydrogens (tertiary/aromatic N) is 1. The molecule has 0 spiro atoms. The van der Waals surface area contributed by atoms with Crippen molar-refractivity contribution in [1.29, 1.82) is 0 Å². The summed E-state index contributed by atoms with van der Waals surface area (Å²) in [6.45, 7) is 1.96. The Balaban J connectivity index is 2.31. The fourth-order valence-corrected chi connectivity index (χ4v) is 2.23. The molecule has 1 fully saturated rings. The summed E-state index contributed by atoms with van der Waals surface area (Å²) in [5.41, 5.74) is 0.749. The third-order valence-electron chi connectivity index (χ3n) is 2.99. The zero-order valence-electron chi connectivity index (χ0n) is 10.4. The van der Waals surface area contributed by atoms with Crippen LogP contribution in [0.1, 0.15) is 12.8 Å². The number of carbonyl (C=O) groups is 1. The van der Waals surface area contributed by atoms with E-state index in [1.807, 2.05) is 0 Å². The third-order valence-corrected chi connectivity index (χ3v) is 3.23. The van der Waals surface area contributed by atoms with Crippen LogP contribution in [0.4, 0.5) is 5.69 Å². The lowest BCUT2D eigenvalue weighted by molar-refractivity contribution is -0.118. The highest BCUT2D eigenvalue weighted by Gasteiger charge is 2.20. The van der Waals surface area contributed by atoms with Gasteiger partial charge in [-0.1, -0.05) is 11.6 Å². The molecule has 1 aliphatic heterocycles. The van der Waals surface area contributed by atoms with E-state index in [9.17, 15) is 4.79 Å². The van der Waals surface area contributed by atoms with Gasteiger partial charge in [0.25, 0.3) is 0 Å². The summed E-state index contributed by atoms with van der Waals surface area (Å²) in [7, 11) is 1.60. The maximum Gasteiger partial charge on any atom is 0.241 e. The van der Waals surface area contributed by atoms with E-state index in [1.165, 1.54) is 0 Å². The van der Waals surface area contributed by atoms with Crippen LogP contribution in [0, 0.1) is 0 Å². The van der Waals surface area contributed by atoms with Crippen molar-refractivity contribution in [1.82, 2.24) is 5.32 Å². The second kappa shape index (κ2) is 6.07. The van der Waals surface area contributed by atoms with E-state index in [0.29, 0.717) is 23.9 Å². The number of hydrogen-bond donors (Lipinski definition) is 1. The van der Waals surface area contributed by atoms with Crippen LogP contribution >= 0.6 is 11.6 Å². The van der Waals surface area contributed by atoms with Gasteiger partial charge in [-0.2, -0.15) is 0 Å². The van der Waals surface area contributed by atoms with Gasteiger partial charge in [-0.15, -0.1) is 0 Å². The highest BCUT2D eigenvalue weighted by Crippen LogP contribution is 2.31. The molecule has 1 saturated heterocycles. The molecule has 1 aliphatic rings. The highest BCUT2D eigenvalue weighted by atomic mass is 35.5. The van der Waals surface area contributed by atoms with E-state index in [2.05, 4.69) is 5.32 Å². The zero-order chi connectivity index (χ0) is 13.0. The molecule has 2 rings (SSSR count). The summed E-state index contributed by atoms with van der Waals surface area (Å²) in [5.74, 6) is 0.726. The van der Waals surface area contributed by atoms with Crippen molar-refractivity contribution < 1.29 is 9.53 Å². The van der Waals surface area contributed by atoms with Crippen molar-refractivity contribution in [2.45, 2.75) is 12.8 Å². The summed E-state index contributed by atoms with van der Waals surface area (Å²) in [6, 6.07) is 5.33. The first-order valence-electron chi connectivity index (χ1n) is 6.07. The maximum absolute atomic E-state index is 12.1. The van der Waals surface area contributed by atoms with Crippen LogP contribution in [0.2, 0.25) is 5.02 Å². The van der Waals surface area contributed by atoms with Crippen LogP contribution in [0.25, 0.3) is 0 Å². The molecule has 98 valence electrons. The first-order chi connectivity index (χ1) is 8.72. The van der Waals surface area contributed by atoms with Crippen LogP contribution < -0.4 is 15.0 Å². The molecular formula is C13H17ClN2O2. The van der Waals surface area contributed by atoms with Crippen molar-refractivity contribution >= 4 is 23.2 Å². The largest absolute Gasteiger partial charge is 0.495 e. The normalized spacial score (nSPS) is 17.2. The predicted octanol–water partition coefficient (Wildman–Crippen LogP) is 2.06. The second-order valence-corrected chi connectivity index (χ2v) is 4.68. The van der Waals surface area contributed by atoms with E-state index < -0.39 is 0 Å². The van der Waals surface area contributed by atoms with E-state index in [-0.39, 0.29) is 5.91 Å². The smallest absolute Gasteiger partial charge is 0.241 e. The van der Waals surface area contributed by atoms with Crippen molar-refractivity contribution in [2.24, 2.45) is 0 Å². The van der Waals surface area contributed by atoms with Crippen LogP contribution in [0.15, 0.2) is 18.2 Å². The lowest BCUT2D eigenvalue weighted by Gasteiger charge is -2.26. The number of benzene rings is 1. The number of rotatable bonds is 2. The number of anilines is 1. The minimum atomic E-state index is 0.0512. The molecule has 0 bridgehead atoms. The molecule has 0 radical (unpaired) electrons. The molecule has 1 aromatic rings. The van der Waals surface area contributed by atoms with Gasteiger partial charge < -0.3 is 15.0 Å². The van der Waals surface area contributed by atoms with Crippen LogP contribution in [0.3, 0.4) is 0 Å². The van der Waals surface area contributed by atoms with E-state index >= 15 is 0 Å². The van der Waals surface area contributed by atoms with Crippen LogP contribution in [0.5, 0.6) is 5.75 Å². The third kappa shape index (κ3) is 2.94. The molecule has 0 saturated carbocycles. The second-order valence-electron chi connectivity index (χ2n) is 4.25. The maximum atomic E-state index is 12.1. The van der Waals surface area contributed by atoms with Gasteiger partial charge >= 0.3 is 0 Å². The number of methoxy groups -OCH3 is 1. The SMILES string of the molecule is COc1ccc(Cl)cc1N1CCCCNCC1=O. The van der Waals surface area contributed by atoms with Crippen molar-refractivity contribution in [2.75, 3.05) is 31.6 Å². The summed E-state index contributed by atoms with van der Waals surface area (Å²) < 4.78 is 5.30. The molecule has 1 N–H and O–H groups in total. The fourth-order valence-electron chi connectivity index (χ4n) is 2.06. The minimum Gasteiger partial charge on any atom is -0.495 e. The Morgan fingerprint density at radius 1 is 1.39 bits per heavy atom. The van der Waals surface area contributed by atoms with E-state index in [4.69, 9.17) is 16.3 Å². The Hall–Kier alpha value is -1.26. The number of ether oxygens (including phenoxy) is 1. The lowest BCUT2D eigenvalue weighted by atomic mass is 10.2. The molecule has 1 aromatic carbocycles. The number of carbonyl (C=O) groups excluding carboxylic acids is 1. The summed E-state index contributed by atoms with van der Waals surface area (Å²) in [4.78, 5) is 13.9. The molecule has 0 aliphatic carbocycles. The summed E-state index contributed by atoms with van der Waals surface area (Å²) in [5, 5.41) is 3.73. The van der Waals surface area contributed by atoms with Gasteiger partial charge in [-0.3, -0.25) is 4.79 Å². The van der Waals surface area contributed by atoms with Crippen LogP contribution in [-0.4, -0.2) is 32.7 Å². The van der Waals surface area contributed by atoms with Gasteiger partial charge in [-0.25, -0.2) is 0 Å². The zero-order valence-corrected chi connectivity index (χ0v) is 11.2. The quantitative estimate of drug-likeness (QED) is 0.893. The summed E-state index contributed by atoms with van der Waals surface area (Å²) in [6.07, 6.45) is 2.03. The molecule has 4 nitrogen and oxygen atoms in total. The molecule has 5 heteroatoms. The Bertz CT molecular complexity index is 437. The monoisotopic (exact) mass is 268 g/mol. The molecular weight excluding hydrogens is 252 g/mol. The van der Waals surface area contributed by atoms with Crippen molar-refractivity contribution in [3.63, 3.8) is 0 Å². The molecule has 1 heterocycles. The first-order valence-corrected chi connectivity index (χ1v) is 6.45. The molecule has 1 amide bonds. The predicted molar refractivity (Wildman–Crippen MR) is 72.5 cm³/mol. The molecule has 18 heavy (non-hydrogen) atoms. The Morgan fingerprint density at radius 3 is 3.00 bits per heavy atom. The number of halogens is 1. The van der Waals surface area contributed by atoms with Gasteiger partial charge in [0.05, 0.1) is 19.3 Å². The van der Waals surface area contributed by atoms with Gasteiger partial charge in [0.15, 0.2) is 0 Å². The average molecular weight is 269 g/mol.